The number of benzene rings is 1. The molecular formula is C15H15N3O3S2. The van der Waals surface area contributed by atoms with Crippen molar-refractivity contribution in [2.24, 2.45) is 5.10 Å². The van der Waals surface area contributed by atoms with Crippen LogP contribution in [-0.2, 0) is 10.5 Å². The number of hydrogen-bond donors (Lipinski definition) is 1. The second-order valence-electron chi connectivity index (χ2n) is 4.63. The van der Waals surface area contributed by atoms with E-state index in [4.69, 9.17) is 0 Å². The minimum atomic E-state index is -0.428. The van der Waals surface area contributed by atoms with Gasteiger partial charge >= 0.3 is 0 Å². The molecule has 0 unspecified atom stereocenters. The standard InChI is InChI=1S/C15H15N3O3S2/c1-11(14-6-3-7-23-14)16-17-15(19)10-22-9-12-4-2-5-13(8-12)18(20)21/h2-8H,9-10H2,1H3,(H,17,19)/b16-11-. The van der Waals surface area contributed by atoms with Crippen LogP contribution < -0.4 is 5.43 Å². The third-order valence-corrected chi connectivity index (χ3v) is 4.83. The maximum Gasteiger partial charge on any atom is 0.269 e. The maximum atomic E-state index is 11.7. The van der Waals surface area contributed by atoms with Crippen LogP contribution in [0.5, 0.6) is 0 Å². The molecule has 6 nitrogen and oxygen atoms in total. The number of nitrogens with zero attached hydrogens (tertiary/aromatic N) is 2. The summed E-state index contributed by atoms with van der Waals surface area (Å²) >= 11 is 2.94. The summed E-state index contributed by atoms with van der Waals surface area (Å²) in [6.07, 6.45) is 0. The fourth-order valence-corrected chi connectivity index (χ4v) is 3.18. The van der Waals surface area contributed by atoms with Crippen LogP contribution in [0.25, 0.3) is 0 Å². The zero-order chi connectivity index (χ0) is 16.7. The van der Waals surface area contributed by atoms with Crippen molar-refractivity contribution in [2.75, 3.05) is 5.75 Å². The van der Waals surface area contributed by atoms with Crippen LogP contribution >= 0.6 is 23.1 Å². The first-order chi connectivity index (χ1) is 11.1. The molecule has 0 radical (unpaired) electrons. The van der Waals surface area contributed by atoms with E-state index >= 15 is 0 Å². The second-order valence-corrected chi connectivity index (χ2v) is 6.56. The summed E-state index contributed by atoms with van der Waals surface area (Å²) in [5, 5.41) is 16.7. The van der Waals surface area contributed by atoms with Gasteiger partial charge in [-0.25, -0.2) is 5.43 Å². The van der Waals surface area contributed by atoms with Crippen LogP contribution in [0, 0.1) is 10.1 Å². The summed E-state index contributed by atoms with van der Waals surface area (Å²) in [6.45, 7) is 1.84. The number of amides is 1. The van der Waals surface area contributed by atoms with E-state index in [9.17, 15) is 14.9 Å². The Kier molecular flexibility index (Phi) is 6.30. The third kappa shape index (κ3) is 5.50. The monoisotopic (exact) mass is 349 g/mol. The molecule has 0 spiro atoms. The van der Waals surface area contributed by atoms with Gasteiger partial charge in [0.2, 0.25) is 5.91 Å². The Morgan fingerprint density at radius 1 is 1.39 bits per heavy atom. The molecule has 120 valence electrons. The van der Waals surface area contributed by atoms with Gasteiger partial charge in [0.05, 0.1) is 16.4 Å². The van der Waals surface area contributed by atoms with Crippen LogP contribution in [0.1, 0.15) is 17.4 Å². The Labute approximate surface area is 141 Å². The number of hydrogen-bond acceptors (Lipinski definition) is 6. The molecule has 2 aromatic rings. The summed E-state index contributed by atoms with van der Waals surface area (Å²) in [5.41, 5.74) is 4.15. The number of nitro benzene ring substituents is 1. The molecule has 1 aromatic carbocycles. The highest BCUT2D eigenvalue weighted by Gasteiger charge is 2.07. The number of thiophene rings is 1. The summed E-state index contributed by atoms with van der Waals surface area (Å²) in [6, 6.07) is 10.3. The van der Waals surface area contributed by atoms with E-state index in [0.29, 0.717) is 5.75 Å². The minimum absolute atomic E-state index is 0.0590. The lowest BCUT2D eigenvalue weighted by Crippen LogP contribution is -2.21. The van der Waals surface area contributed by atoms with Gasteiger partial charge in [-0.2, -0.15) is 5.10 Å². The first kappa shape index (κ1) is 17.2. The number of hydrazone groups is 1. The van der Waals surface area contributed by atoms with E-state index in [-0.39, 0.29) is 17.3 Å². The first-order valence-corrected chi connectivity index (χ1v) is 8.78. The Hall–Kier alpha value is -2.19. The Morgan fingerprint density at radius 3 is 2.91 bits per heavy atom. The van der Waals surface area contributed by atoms with Gasteiger partial charge in [-0.15, -0.1) is 23.1 Å². The van der Waals surface area contributed by atoms with Crippen molar-refractivity contribution in [1.29, 1.82) is 0 Å². The van der Waals surface area contributed by atoms with Gasteiger partial charge in [-0.1, -0.05) is 18.2 Å². The fourth-order valence-electron chi connectivity index (χ4n) is 1.74. The SMILES string of the molecule is C/C(=N/NC(=O)CSCc1cccc([N+](=O)[O-])c1)c1cccs1. The van der Waals surface area contributed by atoms with Crippen molar-refractivity contribution in [3.63, 3.8) is 0 Å². The topological polar surface area (TPSA) is 84.6 Å². The molecule has 2 rings (SSSR count). The van der Waals surface area contributed by atoms with Crippen LogP contribution in [0.3, 0.4) is 0 Å². The van der Waals surface area contributed by atoms with Crippen LogP contribution in [0.2, 0.25) is 0 Å². The zero-order valence-electron chi connectivity index (χ0n) is 12.4. The molecule has 1 N–H and O–H groups in total. The number of nitro groups is 1. The van der Waals surface area contributed by atoms with Crippen LogP contribution in [-0.4, -0.2) is 22.3 Å². The number of thioether (sulfide) groups is 1. The molecule has 0 atom stereocenters. The summed E-state index contributed by atoms with van der Waals surface area (Å²) in [5.74, 6) is 0.573. The number of carbonyl (C=O) groups excluding carboxylic acids is 1. The van der Waals surface area contributed by atoms with Gasteiger partial charge in [0.25, 0.3) is 5.69 Å². The van der Waals surface area contributed by atoms with Gasteiger partial charge in [-0.05, 0) is 23.9 Å². The second kappa shape index (κ2) is 8.44. The quantitative estimate of drug-likeness (QED) is 0.471. The first-order valence-electron chi connectivity index (χ1n) is 6.74. The van der Waals surface area contributed by atoms with Gasteiger partial charge in [0.1, 0.15) is 0 Å². The van der Waals surface area contributed by atoms with E-state index in [1.54, 1.807) is 23.5 Å². The summed E-state index contributed by atoms with van der Waals surface area (Å²) in [4.78, 5) is 23.0. The maximum absolute atomic E-state index is 11.7. The van der Waals surface area contributed by atoms with Gasteiger partial charge in [0, 0.05) is 22.8 Å². The van der Waals surface area contributed by atoms with E-state index in [0.717, 1.165) is 16.2 Å². The largest absolute Gasteiger partial charge is 0.272 e. The van der Waals surface area contributed by atoms with Gasteiger partial charge in [0.15, 0.2) is 0 Å². The molecule has 8 heteroatoms. The van der Waals surface area contributed by atoms with Crippen molar-refractivity contribution < 1.29 is 9.72 Å². The van der Waals surface area contributed by atoms with Gasteiger partial charge < -0.3 is 0 Å². The average Bonchev–Trinajstić information content (AvgIpc) is 3.07. The van der Waals surface area contributed by atoms with Crippen molar-refractivity contribution in [2.45, 2.75) is 12.7 Å². The third-order valence-electron chi connectivity index (χ3n) is 2.85. The van der Waals surface area contributed by atoms with E-state index < -0.39 is 4.92 Å². The molecule has 1 aromatic heterocycles. The molecule has 1 heterocycles. The molecular weight excluding hydrogens is 334 g/mol. The molecule has 0 bridgehead atoms. The summed E-state index contributed by atoms with van der Waals surface area (Å²) in [7, 11) is 0. The molecule has 0 aliphatic heterocycles. The van der Waals surface area contributed by atoms with E-state index in [1.807, 2.05) is 24.4 Å². The lowest BCUT2D eigenvalue weighted by Gasteiger charge is -2.02. The van der Waals surface area contributed by atoms with Crippen molar-refractivity contribution in [3.8, 4) is 0 Å². The Morgan fingerprint density at radius 2 is 2.22 bits per heavy atom. The van der Waals surface area contributed by atoms with E-state index in [2.05, 4.69) is 10.5 Å². The van der Waals surface area contributed by atoms with Crippen molar-refractivity contribution in [3.05, 3.63) is 62.3 Å². The van der Waals surface area contributed by atoms with Crippen molar-refractivity contribution in [1.82, 2.24) is 5.43 Å². The molecule has 0 fully saturated rings. The molecule has 0 saturated heterocycles. The fraction of sp³-hybridized carbons (Fsp3) is 0.200. The van der Waals surface area contributed by atoms with E-state index in [1.165, 1.54) is 23.9 Å². The molecule has 0 aliphatic carbocycles. The number of rotatable bonds is 7. The lowest BCUT2D eigenvalue weighted by atomic mass is 10.2. The molecule has 1 amide bonds. The number of nitrogens with one attached hydrogen (secondary N) is 1. The Balaban J connectivity index is 1.78. The highest BCUT2D eigenvalue weighted by atomic mass is 32.2. The average molecular weight is 349 g/mol. The molecule has 0 saturated carbocycles. The van der Waals surface area contributed by atoms with Crippen molar-refractivity contribution >= 4 is 40.4 Å². The lowest BCUT2D eigenvalue weighted by molar-refractivity contribution is -0.384. The highest BCUT2D eigenvalue weighted by molar-refractivity contribution is 7.99. The van der Waals surface area contributed by atoms with Crippen LogP contribution in [0.15, 0.2) is 46.9 Å². The predicted molar refractivity (Wildman–Crippen MR) is 93.9 cm³/mol. The molecule has 0 aliphatic rings. The summed E-state index contributed by atoms with van der Waals surface area (Å²) < 4.78 is 0. The molecule has 23 heavy (non-hydrogen) atoms. The zero-order valence-corrected chi connectivity index (χ0v) is 14.0. The van der Waals surface area contributed by atoms with Gasteiger partial charge in [-0.3, -0.25) is 14.9 Å². The smallest absolute Gasteiger partial charge is 0.269 e. The number of carbonyl (C=O) groups is 1. The minimum Gasteiger partial charge on any atom is -0.272 e. The number of non-ortho nitro benzene ring substituents is 1. The predicted octanol–water partition coefficient (Wildman–Crippen LogP) is 3.43. The highest BCUT2D eigenvalue weighted by Crippen LogP contribution is 2.17. The Bertz CT molecular complexity index is 715. The van der Waals surface area contributed by atoms with Crippen LogP contribution in [0.4, 0.5) is 5.69 Å². The normalized spacial score (nSPS) is 11.3.